The maximum absolute atomic E-state index is 12.6. The smallest absolute Gasteiger partial charge is 0.410 e. The first-order valence-corrected chi connectivity index (χ1v) is 8.16. The topological polar surface area (TPSA) is 58.6 Å². The van der Waals surface area contributed by atoms with E-state index in [4.69, 9.17) is 4.74 Å². The second-order valence-corrected chi connectivity index (χ2v) is 7.34. The van der Waals surface area contributed by atoms with E-state index in [-0.39, 0.29) is 13.1 Å². The molecule has 0 aromatic rings. The van der Waals surface area contributed by atoms with Crippen molar-refractivity contribution in [2.24, 2.45) is 5.41 Å². The molecule has 1 aliphatic rings. The molecule has 24 heavy (non-hydrogen) atoms. The molecule has 0 aromatic carbocycles. The summed E-state index contributed by atoms with van der Waals surface area (Å²) < 4.78 is 43.2. The van der Waals surface area contributed by atoms with Crippen LogP contribution in [0.4, 0.5) is 18.0 Å². The summed E-state index contributed by atoms with van der Waals surface area (Å²) in [5.74, 6) is -0.598. The summed E-state index contributed by atoms with van der Waals surface area (Å²) in [6.07, 6.45) is -3.87. The molecule has 1 heterocycles. The van der Waals surface area contributed by atoms with Gasteiger partial charge in [-0.05, 0) is 47.0 Å². The van der Waals surface area contributed by atoms with Gasteiger partial charge in [0, 0.05) is 13.1 Å². The highest BCUT2D eigenvalue weighted by molar-refractivity contribution is 5.83. The van der Waals surface area contributed by atoms with Gasteiger partial charge in [-0.3, -0.25) is 4.79 Å². The van der Waals surface area contributed by atoms with Gasteiger partial charge in [0.25, 0.3) is 0 Å². The van der Waals surface area contributed by atoms with Crippen LogP contribution in [-0.2, 0) is 9.53 Å². The van der Waals surface area contributed by atoms with Gasteiger partial charge in [0.2, 0.25) is 5.91 Å². The fourth-order valence-corrected chi connectivity index (χ4v) is 2.62. The molecular formula is C16H27F3N2O3. The van der Waals surface area contributed by atoms with Crippen LogP contribution in [0.25, 0.3) is 0 Å². The van der Waals surface area contributed by atoms with Crippen LogP contribution in [0.2, 0.25) is 0 Å². The lowest BCUT2D eigenvalue weighted by atomic mass is 9.75. The van der Waals surface area contributed by atoms with Gasteiger partial charge in [-0.25, -0.2) is 4.79 Å². The van der Waals surface area contributed by atoms with E-state index in [9.17, 15) is 22.8 Å². The normalized spacial score (nSPS) is 19.6. The Morgan fingerprint density at radius 2 is 1.71 bits per heavy atom. The Hall–Kier alpha value is -1.47. The molecule has 8 heteroatoms. The Labute approximate surface area is 140 Å². The van der Waals surface area contributed by atoms with E-state index in [2.05, 4.69) is 5.32 Å². The summed E-state index contributed by atoms with van der Waals surface area (Å²) in [6.45, 7) is 8.57. The summed E-state index contributed by atoms with van der Waals surface area (Å²) in [4.78, 5) is 25.9. The van der Waals surface area contributed by atoms with Crippen molar-refractivity contribution in [1.82, 2.24) is 10.2 Å². The Kier molecular flexibility index (Phi) is 6.16. The van der Waals surface area contributed by atoms with Gasteiger partial charge in [0.05, 0.1) is 5.41 Å². The molecule has 1 atom stereocenters. The third-order valence-electron chi connectivity index (χ3n) is 4.37. The van der Waals surface area contributed by atoms with Gasteiger partial charge in [0.1, 0.15) is 11.6 Å². The van der Waals surface area contributed by atoms with Crippen LogP contribution < -0.4 is 5.32 Å². The Balaban J connectivity index is 2.69. The van der Waals surface area contributed by atoms with Gasteiger partial charge in [-0.1, -0.05) is 6.92 Å². The highest BCUT2D eigenvalue weighted by Gasteiger charge is 2.45. The average molecular weight is 352 g/mol. The van der Waals surface area contributed by atoms with Crippen LogP contribution >= 0.6 is 0 Å². The van der Waals surface area contributed by atoms with E-state index in [1.165, 1.54) is 4.90 Å². The summed E-state index contributed by atoms with van der Waals surface area (Å²) >= 11 is 0. The number of amides is 2. The minimum atomic E-state index is -4.47. The number of nitrogens with one attached hydrogen (secondary N) is 1. The summed E-state index contributed by atoms with van der Waals surface area (Å²) in [7, 11) is 0. The predicted molar refractivity (Wildman–Crippen MR) is 83.4 cm³/mol. The maximum atomic E-state index is 12.6. The van der Waals surface area contributed by atoms with E-state index in [0.29, 0.717) is 19.3 Å². The molecule has 0 aromatic heterocycles. The molecule has 1 fully saturated rings. The SMILES string of the molecule is CCC1(C(=O)NC(C)C(F)(F)F)CCN(C(=O)OC(C)(C)C)CC1. The lowest BCUT2D eigenvalue weighted by Crippen LogP contribution is -2.54. The Bertz CT molecular complexity index is 464. The van der Waals surface area contributed by atoms with Crippen molar-refractivity contribution < 1.29 is 27.5 Å². The van der Waals surface area contributed by atoms with Crippen molar-refractivity contribution in [3.63, 3.8) is 0 Å². The van der Waals surface area contributed by atoms with Crippen molar-refractivity contribution in [3.8, 4) is 0 Å². The number of nitrogens with zero attached hydrogens (tertiary/aromatic N) is 1. The van der Waals surface area contributed by atoms with Gasteiger partial charge < -0.3 is 15.0 Å². The largest absolute Gasteiger partial charge is 0.444 e. The van der Waals surface area contributed by atoms with E-state index < -0.39 is 35.2 Å². The Morgan fingerprint density at radius 3 is 2.08 bits per heavy atom. The average Bonchev–Trinajstić information content (AvgIpc) is 2.44. The van der Waals surface area contributed by atoms with Crippen molar-refractivity contribution in [2.75, 3.05) is 13.1 Å². The van der Waals surface area contributed by atoms with Gasteiger partial charge >= 0.3 is 12.3 Å². The van der Waals surface area contributed by atoms with Crippen molar-refractivity contribution in [1.29, 1.82) is 0 Å². The minimum absolute atomic E-state index is 0.288. The molecule has 1 rings (SSSR count). The fraction of sp³-hybridized carbons (Fsp3) is 0.875. The first-order valence-electron chi connectivity index (χ1n) is 8.16. The van der Waals surface area contributed by atoms with Crippen LogP contribution in [0.3, 0.4) is 0 Å². The minimum Gasteiger partial charge on any atom is -0.444 e. The van der Waals surface area contributed by atoms with Gasteiger partial charge in [-0.2, -0.15) is 13.2 Å². The molecule has 5 nitrogen and oxygen atoms in total. The number of carbonyl (C=O) groups excluding carboxylic acids is 2. The second-order valence-electron chi connectivity index (χ2n) is 7.34. The van der Waals surface area contributed by atoms with Crippen molar-refractivity contribution >= 4 is 12.0 Å². The fourth-order valence-electron chi connectivity index (χ4n) is 2.62. The number of likely N-dealkylation sites (tertiary alicyclic amines) is 1. The van der Waals surface area contributed by atoms with E-state index in [1.807, 2.05) is 0 Å². The molecule has 140 valence electrons. The van der Waals surface area contributed by atoms with E-state index in [1.54, 1.807) is 27.7 Å². The van der Waals surface area contributed by atoms with Crippen molar-refractivity contribution in [2.45, 2.75) is 71.7 Å². The lowest BCUT2D eigenvalue weighted by Gasteiger charge is -2.41. The zero-order valence-corrected chi connectivity index (χ0v) is 14.9. The molecule has 1 unspecified atom stereocenters. The van der Waals surface area contributed by atoms with Crippen molar-refractivity contribution in [3.05, 3.63) is 0 Å². The van der Waals surface area contributed by atoms with Gasteiger partial charge in [-0.15, -0.1) is 0 Å². The number of alkyl halides is 3. The molecule has 0 saturated carbocycles. The number of hydrogen-bond acceptors (Lipinski definition) is 3. The molecule has 0 spiro atoms. The number of hydrogen-bond donors (Lipinski definition) is 1. The maximum Gasteiger partial charge on any atom is 0.410 e. The number of rotatable bonds is 3. The molecule has 1 N–H and O–H groups in total. The summed E-state index contributed by atoms with van der Waals surface area (Å²) in [6, 6.07) is -1.89. The first-order chi connectivity index (χ1) is 10.8. The van der Waals surface area contributed by atoms with Crippen LogP contribution in [-0.4, -0.2) is 47.8 Å². The molecule has 1 saturated heterocycles. The summed E-state index contributed by atoms with van der Waals surface area (Å²) in [5, 5.41) is 2.06. The van der Waals surface area contributed by atoms with Crippen LogP contribution in [0.15, 0.2) is 0 Å². The number of piperidine rings is 1. The highest BCUT2D eigenvalue weighted by Crippen LogP contribution is 2.36. The molecule has 2 amide bonds. The monoisotopic (exact) mass is 352 g/mol. The van der Waals surface area contributed by atoms with E-state index >= 15 is 0 Å². The molecule has 0 bridgehead atoms. The lowest BCUT2D eigenvalue weighted by molar-refractivity contribution is -0.163. The highest BCUT2D eigenvalue weighted by atomic mass is 19.4. The molecule has 0 aliphatic carbocycles. The quantitative estimate of drug-likeness (QED) is 0.846. The predicted octanol–water partition coefficient (Wildman–Crippen LogP) is 3.48. The number of carbonyl (C=O) groups is 2. The van der Waals surface area contributed by atoms with E-state index in [0.717, 1.165) is 6.92 Å². The Morgan fingerprint density at radius 1 is 1.21 bits per heavy atom. The first kappa shape index (κ1) is 20.6. The molecule has 1 aliphatic heterocycles. The summed E-state index contributed by atoms with van der Waals surface area (Å²) in [5.41, 5.74) is -1.49. The third-order valence-corrected chi connectivity index (χ3v) is 4.37. The third kappa shape index (κ3) is 5.27. The standard InChI is InChI=1S/C16H27F3N2O3/c1-6-15(12(22)20-11(2)16(17,18)19)7-9-21(10-8-15)13(23)24-14(3,4)5/h11H,6-10H2,1-5H3,(H,20,22). The molecular weight excluding hydrogens is 325 g/mol. The second kappa shape index (κ2) is 7.19. The number of halogens is 3. The van der Waals surface area contributed by atoms with Crippen LogP contribution in [0, 0.1) is 5.41 Å². The van der Waals surface area contributed by atoms with Gasteiger partial charge in [0.15, 0.2) is 0 Å². The van der Waals surface area contributed by atoms with Crippen LogP contribution in [0.1, 0.15) is 53.9 Å². The molecule has 0 radical (unpaired) electrons. The zero-order valence-electron chi connectivity index (χ0n) is 14.9. The van der Waals surface area contributed by atoms with Crippen LogP contribution in [0.5, 0.6) is 0 Å². The zero-order chi connectivity index (χ0) is 18.8. The number of ether oxygens (including phenoxy) is 1.